The molecule has 14 rings (SSSR count). The summed E-state index contributed by atoms with van der Waals surface area (Å²) < 4.78 is 32.3. The van der Waals surface area contributed by atoms with E-state index in [4.69, 9.17) is 0 Å². The predicted octanol–water partition coefficient (Wildman–Crippen LogP) is 15.1. The fraction of sp³-hybridized carbons (Fsp3) is 0. The molecule has 1 aliphatic carbocycles. The average Bonchev–Trinajstić information content (AvgIpc) is 3.85. The molecule has 13 aromatic rings. The second-order valence-electron chi connectivity index (χ2n) is 15.2. The topological polar surface area (TPSA) is 0 Å². The van der Waals surface area contributed by atoms with Crippen LogP contribution in [-0.4, -0.2) is 0 Å². The van der Waals surface area contributed by atoms with E-state index in [1.165, 1.54) is 82.2 Å². The molecule has 0 N–H and O–H groups in total. The first-order valence-electron chi connectivity index (χ1n) is 18.6. The predicted molar refractivity (Wildman–Crippen MR) is 225 cm³/mol. The Hall–Kier alpha value is -6.90. The van der Waals surface area contributed by atoms with Gasteiger partial charge in [0.15, 0.2) is 0 Å². The molecular formula is C52H24F2. The van der Waals surface area contributed by atoms with E-state index in [-0.39, 0.29) is 11.6 Å². The Bertz CT molecular complexity index is 3770. The van der Waals surface area contributed by atoms with Crippen LogP contribution in [0.25, 0.3) is 141 Å². The van der Waals surface area contributed by atoms with Gasteiger partial charge < -0.3 is 0 Å². The molecule has 0 bridgehead atoms. The minimum atomic E-state index is -0.269. The third kappa shape index (κ3) is 2.96. The highest BCUT2D eigenvalue weighted by Gasteiger charge is 2.29. The normalized spacial score (nSPS) is 13.0. The first-order chi connectivity index (χ1) is 26.7. The molecule has 0 nitrogen and oxygen atoms in total. The number of hydrogen-bond acceptors (Lipinski definition) is 0. The van der Waals surface area contributed by atoms with Crippen molar-refractivity contribution in [1.29, 1.82) is 0 Å². The van der Waals surface area contributed by atoms with Gasteiger partial charge in [-0.25, -0.2) is 8.78 Å². The van der Waals surface area contributed by atoms with Crippen LogP contribution in [0.2, 0.25) is 0 Å². The van der Waals surface area contributed by atoms with Crippen molar-refractivity contribution in [3.8, 4) is 33.4 Å². The molecule has 0 aromatic heterocycles. The average molecular weight is 687 g/mol. The van der Waals surface area contributed by atoms with E-state index < -0.39 is 0 Å². The van der Waals surface area contributed by atoms with Crippen molar-refractivity contribution >= 4 is 108 Å². The van der Waals surface area contributed by atoms with Gasteiger partial charge in [-0.1, -0.05) is 127 Å². The molecule has 0 spiro atoms. The molecule has 54 heavy (non-hydrogen) atoms. The van der Waals surface area contributed by atoms with Gasteiger partial charge in [0, 0.05) is 21.9 Å². The third-order valence-electron chi connectivity index (χ3n) is 13.0. The lowest BCUT2D eigenvalue weighted by Crippen LogP contribution is -1.90. The Labute approximate surface area is 306 Å². The first kappa shape index (κ1) is 27.7. The minimum Gasteiger partial charge on any atom is -0.206 e. The molecular weight excluding hydrogens is 663 g/mol. The van der Waals surface area contributed by atoms with Gasteiger partial charge in [0.05, 0.1) is 0 Å². The van der Waals surface area contributed by atoms with Crippen LogP contribution >= 0.6 is 0 Å². The Morgan fingerprint density at radius 2 is 0.648 bits per heavy atom. The lowest BCUT2D eigenvalue weighted by molar-refractivity contribution is 0.631. The smallest absolute Gasteiger partial charge is 0.131 e. The number of rotatable bonds is 1. The van der Waals surface area contributed by atoms with Crippen LogP contribution in [-0.2, 0) is 0 Å². The molecule has 0 atom stereocenters. The largest absolute Gasteiger partial charge is 0.206 e. The zero-order valence-corrected chi connectivity index (χ0v) is 28.6. The van der Waals surface area contributed by atoms with Crippen molar-refractivity contribution in [2.45, 2.75) is 0 Å². The first-order valence-corrected chi connectivity index (χ1v) is 18.6. The molecule has 0 fully saturated rings. The summed E-state index contributed by atoms with van der Waals surface area (Å²) in [5.41, 5.74) is 6.62. The van der Waals surface area contributed by atoms with Gasteiger partial charge in [-0.15, -0.1) is 0 Å². The molecule has 0 aliphatic heterocycles. The number of halogens is 2. The highest BCUT2D eigenvalue weighted by molar-refractivity contribution is 6.51. The Kier molecular flexibility index (Phi) is 4.71. The van der Waals surface area contributed by atoms with Crippen molar-refractivity contribution < 1.29 is 8.78 Å². The van der Waals surface area contributed by atoms with Crippen LogP contribution in [0.4, 0.5) is 8.78 Å². The summed E-state index contributed by atoms with van der Waals surface area (Å²) in [4.78, 5) is 0. The highest BCUT2D eigenvalue weighted by atomic mass is 19.1. The summed E-state index contributed by atoms with van der Waals surface area (Å²) in [7, 11) is 0. The molecule has 2 heteroatoms. The van der Waals surface area contributed by atoms with Crippen LogP contribution in [0.15, 0.2) is 146 Å². The molecule has 0 saturated heterocycles. The van der Waals surface area contributed by atoms with Crippen molar-refractivity contribution in [3.63, 3.8) is 0 Å². The SMILES string of the molecule is Fc1ccccc1-c1c2ccccc2c2c3c(F)cccc3c3c4c(cc1c23)c1ccc2c3ccc5c6c(ccc(c7ccc4c1c27)c63)-c1ccccc1-5. The van der Waals surface area contributed by atoms with Crippen molar-refractivity contribution in [2.24, 2.45) is 0 Å². The standard InChI is InChI=1S/C52H24F2/c53-41-14-6-5-12-36(41)43-27-10-3-4-11-28(27)50-49-37(13-7-15-42(49)54)51-48-38-23-22-34-32-19-17-30-26-9-2-1-8-25(26)29-16-18-31(45(32)44(29)30)33-20-21-35(47(38)46(33)34)39(48)24-40(43)52(50)51/h1-24H. The maximum Gasteiger partial charge on any atom is 0.131 e. The van der Waals surface area contributed by atoms with E-state index in [0.29, 0.717) is 10.9 Å². The molecule has 1 aliphatic rings. The van der Waals surface area contributed by atoms with Gasteiger partial charge in [-0.3, -0.25) is 0 Å². The van der Waals surface area contributed by atoms with E-state index in [1.807, 2.05) is 30.3 Å². The Balaban J connectivity index is 1.24. The van der Waals surface area contributed by atoms with Crippen molar-refractivity contribution in [2.75, 3.05) is 0 Å². The summed E-state index contributed by atoms with van der Waals surface area (Å²) >= 11 is 0. The molecule has 13 aromatic carbocycles. The second-order valence-corrected chi connectivity index (χ2v) is 15.2. The maximum absolute atomic E-state index is 16.3. The number of hydrogen-bond donors (Lipinski definition) is 0. The fourth-order valence-electron chi connectivity index (χ4n) is 11.0. The second kappa shape index (κ2) is 9.17. The van der Waals surface area contributed by atoms with Gasteiger partial charge in [-0.2, -0.15) is 0 Å². The van der Waals surface area contributed by atoms with Crippen LogP contribution < -0.4 is 0 Å². The zero-order chi connectivity index (χ0) is 35.1. The van der Waals surface area contributed by atoms with Gasteiger partial charge >= 0.3 is 0 Å². The van der Waals surface area contributed by atoms with E-state index in [1.54, 1.807) is 12.1 Å². The summed E-state index contributed by atoms with van der Waals surface area (Å²) in [5.74, 6) is -0.507. The summed E-state index contributed by atoms with van der Waals surface area (Å²) in [6.45, 7) is 0. The fourth-order valence-corrected chi connectivity index (χ4v) is 11.0. The van der Waals surface area contributed by atoms with Gasteiger partial charge in [0.25, 0.3) is 0 Å². The van der Waals surface area contributed by atoms with Gasteiger partial charge in [-0.05, 0) is 137 Å². The Morgan fingerprint density at radius 3 is 1.35 bits per heavy atom. The molecule has 0 heterocycles. The van der Waals surface area contributed by atoms with Crippen LogP contribution in [0, 0.1) is 11.6 Å². The minimum absolute atomic E-state index is 0.238. The van der Waals surface area contributed by atoms with Gasteiger partial charge in [0.2, 0.25) is 0 Å². The third-order valence-corrected chi connectivity index (χ3v) is 13.0. The molecule has 0 unspecified atom stereocenters. The van der Waals surface area contributed by atoms with E-state index >= 15 is 8.78 Å². The lowest BCUT2D eigenvalue weighted by Gasteiger charge is -2.16. The highest BCUT2D eigenvalue weighted by Crippen LogP contribution is 2.57. The van der Waals surface area contributed by atoms with Crippen molar-refractivity contribution in [1.82, 2.24) is 0 Å². The summed E-state index contributed by atoms with van der Waals surface area (Å²) in [6, 6.07) is 50.2. The number of benzene rings is 11. The lowest BCUT2D eigenvalue weighted by atomic mass is 9.87. The van der Waals surface area contributed by atoms with Crippen LogP contribution in [0.3, 0.4) is 0 Å². The van der Waals surface area contributed by atoms with E-state index in [9.17, 15) is 0 Å². The van der Waals surface area contributed by atoms with E-state index in [2.05, 4.69) is 97.1 Å². The zero-order valence-electron chi connectivity index (χ0n) is 28.6. The summed E-state index contributed by atoms with van der Waals surface area (Å²) in [5, 5.41) is 22.1. The molecule has 0 saturated carbocycles. The molecule has 0 radical (unpaired) electrons. The van der Waals surface area contributed by atoms with Gasteiger partial charge in [0.1, 0.15) is 11.6 Å². The summed E-state index contributed by atoms with van der Waals surface area (Å²) in [6.07, 6.45) is 0. The molecule has 246 valence electrons. The van der Waals surface area contributed by atoms with Crippen LogP contribution in [0.1, 0.15) is 0 Å². The van der Waals surface area contributed by atoms with Crippen LogP contribution in [0.5, 0.6) is 0 Å². The quantitative estimate of drug-likeness (QED) is 0.119. The molecule has 0 amide bonds. The maximum atomic E-state index is 16.3. The monoisotopic (exact) mass is 686 g/mol. The van der Waals surface area contributed by atoms with Crippen molar-refractivity contribution in [3.05, 3.63) is 157 Å². The van der Waals surface area contributed by atoms with E-state index in [0.717, 1.165) is 54.0 Å². The Morgan fingerprint density at radius 1 is 0.222 bits per heavy atom. The number of fused-ring (bicyclic) bond motifs is 14.